The first kappa shape index (κ1) is 25.4. The Labute approximate surface area is 225 Å². The van der Waals surface area contributed by atoms with E-state index in [0.717, 1.165) is 16.8 Å². The van der Waals surface area contributed by atoms with Gasteiger partial charge in [-0.3, -0.25) is 0 Å². The Morgan fingerprint density at radius 2 is 1.76 bits per heavy atom. The second-order valence-electron chi connectivity index (χ2n) is 8.80. The van der Waals surface area contributed by atoms with Crippen molar-refractivity contribution in [3.63, 3.8) is 0 Å². The highest BCUT2D eigenvalue weighted by Crippen LogP contribution is 2.33. The number of nitrogen functional groups attached to an aromatic ring is 1. The standard InChI is InChI=1S/C27H28FN7O2S/c1-36-22-9-6-18(15-23(22)37-2)20-7-8-21-24(31-20)25(33-26(29)32-21)34-10-12-35(13-11-34)27(38)30-16-17-4-3-5-19(28)14-17/h3-9,14-15H,10-13,16H2,1-2H3,(H,30,38)(H2,29,32,33). The maximum atomic E-state index is 13.5. The van der Waals surface area contributed by atoms with Crippen molar-refractivity contribution in [1.82, 2.24) is 25.2 Å². The smallest absolute Gasteiger partial charge is 0.222 e. The molecule has 196 valence electrons. The molecule has 0 aliphatic carbocycles. The molecule has 0 bridgehead atoms. The Morgan fingerprint density at radius 3 is 2.50 bits per heavy atom. The fraction of sp³-hybridized carbons (Fsp3) is 0.259. The fourth-order valence-corrected chi connectivity index (χ4v) is 4.71. The van der Waals surface area contributed by atoms with Crippen LogP contribution in [0.4, 0.5) is 16.2 Å². The summed E-state index contributed by atoms with van der Waals surface area (Å²) in [6.45, 7) is 3.20. The molecule has 1 aliphatic heterocycles. The van der Waals surface area contributed by atoms with Crippen LogP contribution in [0.5, 0.6) is 11.5 Å². The summed E-state index contributed by atoms with van der Waals surface area (Å²) in [7, 11) is 3.21. The Morgan fingerprint density at radius 1 is 0.974 bits per heavy atom. The minimum absolute atomic E-state index is 0.197. The Hall–Kier alpha value is -4.25. The number of pyridine rings is 1. The number of halogens is 1. The summed E-state index contributed by atoms with van der Waals surface area (Å²) in [4.78, 5) is 18.1. The molecule has 4 aromatic rings. The molecule has 38 heavy (non-hydrogen) atoms. The lowest BCUT2D eigenvalue weighted by molar-refractivity contribution is 0.355. The van der Waals surface area contributed by atoms with Gasteiger partial charge in [-0.1, -0.05) is 12.1 Å². The molecule has 11 heteroatoms. The van der Waals surface area contributed by atoms with E-state index in [1.165, 1.54) is 12.1 Å². The van der Waals surface area contributed by atoms with E-state index in [4.69, 9.17) is 32.4 Å². The lowest BCUT2D eigenvalue weighted by atomic mass is 10.1. The Balaban J connectivity index is 1.33. The van der Waals surface area contributed by atoms with Gasteiger partial charge in [-0.25, -0.2) is 14.4 Å². The van der Waals surface area contributed by atoms with Crippen molar-refractivity contribution < 1.29 is 13.9 Å². The van der Waals surface area contributed by atoms with E-state index >= 15 is 0 Å². The van der Waals surface area contributed by atoms with Crippen molar-refractivity contribution in [3.8, 4) is 22.8 Å². The third kappa shape index (κ3) is 5.37. The molecule has 0 unspecified atom stereocenters. The van der Waals surface area contributed by atoms with Gasteiger partial charge in [0.05, 0.1) is 25.4 Å². The number of nitrogens with zero attached hydrogens (tertiary/aromatic N) is 5. The first-order valence-corrected chi connectivity index (χ1v) is 12.5. The summed E-state index contributed by atoms with van der Waals surface area (Å²) >= 11 is 5.59. The third-order valence-electron chi connectivity index (χ3n) is 6.42. The maximum absolute atomic E-state index is 13.5. The number of thiocarbonyl (C=S) groups is 1. The first-order chi connectivity index (χ1) is 18.4. The lowest BCUT2D eigenvalue weighted by Gasteiger charge is -2.37. The van der Waals surface area contributed by atoms with Crippen LogP contribution in [-0.4, -0.2) is 65.4 Å². The molecule has 5 rings (SSSR count). The number of aromatic nitrogens is 3. The number of benzene rings is 2. The second-order valence-corrected chi connectivity index (χ2v) is 9.19. The topological polar surface area (TPSA) is 102 Å². The minimum Gasteiger partial charge on any atom is -0.493 e. The molecule has 0 radical (unpaired) electrons. The van der Waals surface area contributed by atoms with Gasteiger partial charge in [0.15, 0.2) is 22.4 Å². The highest BCUT2D eigenvalue weighted by atomic mass is 32.1. The summed E-state index contributed by atoms with van der Waals surface area (Å²) in [6.07, 6.45) is 0. The fourth-order valence-electron chi connectivity index (χ4n) is 4.45. The van der Waals surface area contributed by atoms with Crippen LogP contribution in [0.25, 0.3) is 22.3 Å². The molecule has 2 aromatic heterocycles. The van der Waals surface area contributed by atoms with Crippen LogP contribution >= 0.6 is 12.2 Å². The van der Waals surface area contributed by atoms with Crippen LogP contribution in [0.15, 0.2) is 54.6 Å². The van der Waals surface area contributed by atoms with Crippen molar-refractivity contribution in [2.75, 3.05) is 51.0 Å². The van der Waals surface area contributed by atoms with Crippen LogP contribution in [0.1, 0.15) is 5.56 Å². The summed E-state index contributed by atoms with van der Waals surface area (Å²) < 4.78 is 24.3. The van der Waals surface area contributed by atoms with Gasteiger partial charge in [-0.05, 0) is 60.2 Å². The number of hydrogen-bond acceptors (Lipinski definition) is 8. The van der Waals surface area contributed by atoms with Gasteiger partial charge < -0.3 is 30.3 Å². The molecular weight excluding hydrogens is 505 g/mol. The number of piperazine rings is 1. The van der Waals surface area contributed by atoms with Gasteiger partial charge in [0.2, 0.25) is 5.95 Å². The molecule has 0 amide bonds. The molecule has 3 heterocycles. The van der Waals surface area contributed by atoms with Gasteiger partial charge in [0.1, 0.15) is 11.3 Å². The largest absolute Gasteiger partial charge is 0.493 e. The van der Waals surface area contributed by atoms with Crippen molar-refractivity contribution in [2.24, 2.45) is 0 Å². The van der Waals surface area contributed by atoms with Gasteiger partial charge >= 0.3 is 0 Å². The van der Waals surface area contributed by atoms with E-state index in [0.29, 0.717) is 66.2 Å². The third-order valence-corrected chi connectivity index (χ3v) is 6.82. The molecule has 2 aromatic carbocycles. The number of rotatable bonds is 6. The minimum atomic E-state index is -0.261. The molecule has 3 N–H and O–H groups in total. The second kappa shape index (κ2) is 11.0. The average molecular weight is 534 g/mol. The highest BCUT2D eigenvalue weighted by Gasteiger charge is 2.23. The van der Waals surface area contributed by atoms with E-state index in [-0.39, 0.29) is 11.8 Å². The maximum Gasteiger partial charge on any atom is 0.222 e. The number of nitrogens with one attached hydrogen (secondary N) is 1. The molecule has 0 atom stereocenters. The van der Waals surface area contributed by atoms with Crippen LogP contribution in [0.2, 0.25) is 0 Å². The van der Waals surface area contributed by atoms with Crippen LogP contribution in [0, 0.1) is 5.82 Å². The van der Waals surface area contributed by atoms with Crippen LogP contribution in [0.3, 0.4) is 0 Å². The van der Waals surface area contributed by atoms with Crippen molar-refractivity contribution in [2.45, 2.75) is 6.54 Å². The van der Waals surface area contributed by atoms with E-state index in [2.05, 4.69) is 25.1 Å². The van der Waals surface area contributed by atoms with E-state index < -0.39 is 0 Å². The molecule has 1 aliphatic rings. The summed E-state index contributed by atoms with van der Waals surface area (Å²) in [5.74, 6) is 1.90. The normalized spacial score (nSPS) is 13.4. The molecular formula is C27H28FN7O2S. The van der Waals surface area contributed by atoms with Crippen LogP contribution < -0.4 is 25.4 Å². The van der Waals surface area contributed by atoms with Gasteiger partial charge in [0, 0.05) is 38.3 Å². The molecule has 1 saturated heterocycles. The number of anilines is 2. The predicted molar refractivity (Wildman–Crippen MR) is 150 cm³/mol. The highest BCUT2D eigenvalue weighted by molar-refractivity contribution is 7.80. The number of hydrogen-bond donors (Lipinski definition) is 2. The lowest BCUT2D eigenvalue weighted by Crippen LogP contribution is -2.51. The van der Waals surface area contributed by atoms with Crippen molar-refractivity contribution in [1.29, 1.82) is 0 Å². The number of ether oxygens (including phenoxy) is 2. The van der Waals surface area contributed by atoms with Gasteiger partial charge in [0.25, 0.3) is 0 Å². The Bertz CT molecular complexity index is 1480. The van der Waals surface area contributed by atoms with E-state index in [9.17, 15) is 4.39 Å². The molecule has 0 saturated carbocycles. The van der Waals surface area contributed by atoms with E-state index in [1.807, 2.05) is 36.4 Å². The zero-order valence-electron chi connectivity index (χ0n) is 21.1. The summed E-state index contributed by atoms with van der Waals surface area (Å²) in [5, 5.41) is 3.86. The zero-order valence-corrected chi connectivity index (χ0v) is 22.0. The zero-order chi connectivity index (χ0) is 26.6. The number of nitrogens with two attached hydrogens (primary N) is 1. The number of methoxy groups -OCH3 is 2. The van der Waals surface area contributed by atoms with Gasteiger partial charge in [-0.15, -0.1) is 0 Å². The average Bonchev–Trinajstić information content (AvgIpc) is 2.95. The van der Waals surface area contributed by atoms with Gasteiger partial charge in [-0.2, -0.15) is 4.98 Å². The number of fused-ring (bicyclic) bond motifs is 1. The van der Waals surface area contributed by atoms with Crippen molar-refractivity contribution in [3.05, 3.63) is 66.0 Å². The molecule has 0 spiro atoms. The molecule has 9 nitrogen and oxygen atoms in total. The van der Waals surface area contributed by atoms with Crippen molar-refractivity contribution >= 4 is 40.1 Å². The Kier molecular flexibility index (Phi) is 7.36. The first-order valence-electron chi connectivity index (χ1n) is 12.1. The SMILES string of the molecule is COc1ccc(-c2ccc3nc(N)nc(N4CCN(C(=S)NCc5cccc(F)c5)CC4)c3n2)cc1OC. The summed E-state index contributed by atoms with van der Waals surface area (Å²) in [6, 6.07) is 16.0. The van der Waals surface area contributed by atoms with E-state index in [1.54, 1.807) is 20.3 Å². The molecule has 1 fully saturated rings. The summed E-state index contributed by atoms with van der Waals surface area (Å²) in [5.41, 5.74) is 9.88. The van der Waals surface area contributed by atoms with Crippen LogP contribution in [-0.2, 0) is 6.54 Å². The monoisotopic (exact) mass is 533 g/mol. The predicted octanol–water partition coefficient (Wildman–Crippen LogP) is 3.63. The quantitative estimate of drug-likeness (QED) is 0.357.